The molecule has 1 aliphatic heterocycles. The summed E-state index contributed by atoms with van der Waals surface area (Å²) in [5.41, 5.74) is 0. The molecule has 0 aromatic rings. The van der Waals surface area contributed by atoms with E-state index in [1.807, 2.05) is 13.8 Å². The number of fused-ring (bicyclic) bond motifs is 1. The highest BCUT2D eigenvalue weighted by Gasteiger charge is 2.47. The molecule has 6 nitrogen and oxygen atoms in total. The third-order valence-corrected chi connectivity index (χ3v) is 4.55. The van der Waals surface area contributed by atoms with Crippen molar-refractivity contribution in [2.75, 3.05) is 13.2 Å². The van der Waals surface area contributed by atoms with E-state index in [0.717, 1.165) is 25.7 Å². The largest absolute Gasteiger partial charge is 0.480 e. The summed E-state index contributed by atoms with van der Waals surface area (Å²) >= 11 is 0. The molecule has 1 aliphatic carbocycles. The van der Waals surface area contributed by atoms with Gasteiger partial charge in [0.25, 0.3) is 0 Å². The number of carbonyl (C=O) groups is 2. The van der Waals surface area contributed by atoms with Gasteiger partial charge in [-0.2, -0.15) is 0 Å². The molecular formula is C15H26N2O4. The minimum absolute atomic E-state index is 0.0825. The molecule has 2 rings (SSSR count). The van der Waals surface area contributed by atoms with Gasteiger partial charge in [-0.25, -0.2) is 9.59 Å². The zero-order valence-electron chi connectivity index (χ0n) is 12.9. The van der Waals surface area contributed by atoms with Gasteiger partial charge in [-0.3, -0.25) is 0 Å². The Balaban J connectivity index is 2.02. The molecule has 6 heteroatoms. The number of likely N-dealkylation sites (tertiary alicyclic amines) is 1. The topological polar surface area (TPSA) is 78.9 Å². The van der Waals surface area contributed by atoms with Crippen molar-refractivity contribution in [3.63, 3.8) is 0 Å². The summed E-state index contributed by atoms with van der Waals surface area (Å²) in [6, 6.07) is -0.977. The summed E-state index contributed by atoms with van der Waals surface area (Å²) in [4.78, 5) is 25.5. The number of carboxylic acids is 1. The summed E-state index contributed by atoms with van der Waals surface area (Å²) in [5, 5.41) is 12.3. The van der Waals surface area contributed by atoms with Crippen molar-refractivity contribution in [1.82, 2.24) is 10.2 Å². The number of carbonyl (C=O) groups excluding carboxylic acids is 1. The van der Waals surface area contributed by atoms with Crippen LogP contribution in [0.15, 0.2) is 0 Å². The number of ether oxygens (including phenoxy) is 1. The van der Waals surface area contributed by atoms with Crippen molar-refractivity contribution in [3.05, 3.63) is 0 Å². The molecule has 0 aromatic heterocycles. The van der Waals surface area contributed by atoms with Gasteiger partial charge >= 0.3 is 12.0 Å². The second kappa shape index (κ2) is 7.11. The lowest BCUT2D eigenvalue weighted by atomic mass is 9.85. The number of carboxylic acid groups (broad SMARTS) is 1. The van der Waals surface area contributed by atoms with Crippen LogP contribution in [-0.2, 0) is 9.53 Å². The van der Waals surface area contributed by atoms with Crippen LogP contribution >= 0.6 is 0 Å². The van der Waals surface area contributed by atoms with Crippen LogP contribution in [0.3, 0.4) is 0 Å². The molecule has 1 saturated carbocycles. The first-order valence-electron chi connectivity index (χ1n) is 7.94. The van der Waals surface area contributed by atoms with Gasteiger partial charge in [0.05, 0.1) is 12.6 Å². The standard InChI is InChI=1S/C15H26N2O4/c1-3-21-9-10(2)16-15(20)17-12-7-5-4-6-11(12)8-13(17)14(18)19/h10-13H,3-9H2,1-2H3,(H,16,20)(H,18,19). The minimum atomic E-state index is -0.892. The number of rotatable bonds is 5. The van der Waals surface area contributed by atoms with Crippen LogP contribution < -0.4 is 5.32 Å². The SMILES string of the molecule is CCOCC(C)NC(=O)N1C(C(=O)O)CC2CCCCC21. The molecule has 0 spiro atoms. The predicted octanol–water partition coefficient (Wildman–Crippen LogP) is 1.84. The summed E-state index contributed by atoms with van der Waals surface area (Å²) in [6.45, 7) is 4.83. The average Bonchev–Trinajstić information content (AvgIpc) is 2.84. The molecule has 4 atom stereocenters. The van der Waals surface area contributed by atoms with Gasteiger partial charge in [0, 0.05) is 12.6 Å². The second-order valence-corrected chi connectivity index (χ2v) is 6.12. The van der Waals surface area contributed by atoms with Crippen molar-refractivity contribution in [3.8, 4) is 0 Å². The molecular weight excluding hydrogens is 272 g/mol. The van der Waals surface area contributed by atoms with Gasteiger partial charge in [-0.1, -0.05) is 12.8 Å². The van der Waals surface area contributed by atoms with Gasteiger partial charge in [0.15, 0.2) is 0 Å². The smallest absolute Gasteiger partial charge is 0.326 e. The molecule has 1 saturated heterocycles. The summed E-state index contributed by atoms with van der Waals surface area (Å²) in [5.74, 6) is -0.551. The molecule has 120 valence electrons. The molecule has 2 fully saturated rings. The summed E-state index contributed by atoms with van der Waals surface area (Å²) < 4.78 is 5.29. The Morgan fingerprint density at radius 2 is 2.10 bits per heavy atom. The van der Waals surface area contributed by atoms with Crippen LogP contribution in [0, 0.1) is 5.92 Å². The summed E-state index contributed by atoms with van der Waals surface area (Å²) in [7, 11) is 0. The van der Waals surface area contributed by atoms with Crippen molar-refractivity contribution in [2.45, 2.75) is 64.1 Å². The number of aliphatic carboxylic acids is 1. The zero-order valence-corrected chi connectivity index (χ0v) is 12.9. The van der Waals surface area contributed by atoms with E-state index in [4.69, 9.17) is 4.74 Å². The number of nitrogens with one attached hydrogen (secondary N) is 1. The summed E-state index contributed by atoms with van der Waals surface area (Å²) in [6.07, 6.45) is 4.76. The van der Waals surface area contributed by atoms with Crippen molar-refractivity contribution in [1.29, 1.82) is 0 Å². The highest BCUT2D eigenvalue weighted by molar-refractivity contribution is 5.84. The Kier molecular flexibility index (Phi) is 5.45. The number of nitrogens with zero attached hydrogens (tertiary/aromatic N) is 1. The molecule has 2 N–H and O–H groups in total. The van der Waals surface area contributed by atoms with Crippen molar-refractivity contribution >= 4 is 12.0 Å². The van der Waals surface area contributed by atoms with Gasteiger partial charge < -0.3 is 20.1 Å². The molecule has 0 bridgehead atoms. The Morgan fingerprint density at radius 1 is 1.38 bits per heavy atom. The van der Waals surface area contributed by atoms with Crippen molar-refractivity contribution in [2.24, 2.45) is 5.92 Å². The van der Waals surface area contributed by atoms with Crippen molar-refractivity contribution < 1.29 is 19.4 Å². The maximum absolute atomic E-state index is 12.5. The molecule has 21 heavy (non-hydrogen) atoms. The Bertz CT molecular complexity index is 388. The third kappa shape index (κ3) is 3.67. The second-order valence-electron chi connectivity index (χ2n) is 6.12. The van der Waals surface area contributed by atoms with Gasteiger partial charge in [0.1, 0.15) is 6.04 Å². The Morgan fingerprint density at radius 3 is 2.76 bits per heavy atom. The van der Waals surface area contributed by atoms with Crippen LogP contribution in [0.5, 0.6) is 0 Å². The average molecular weight is 298 g/mol. The molecule has 2 aliphatic rings. The minimum Gasteiger partial charge on any atom is -0.480 e. The van der Waals surface area contributed by atoms with Crippen LogP contribution in [0.4, 0.5) is 4.79 Å². The monoisotopic (exact) mass is 298 g/mol. The number of amides is 2. The van der Waals surface area contributed by atoms with Gasteiger partial charge in [0.2, 0.25) is 0 Å². The molecule has 2 amide bonds. The van der Waals surface area contributed by atoms with E-state index in [-0.39, 0.29) is 18.1 Å². The highest BCUT2D eigenvalue weighted by atomic mass is 16.5. The highest BCUT2D eigenvalue weighted by Crippen LogP contribution is 2.39. The van der Waals surface area contributed by atoms with E-state index in [2.05, 4.69) is 5.32 Å². The van der Waals surface area contributed by atoms with Gasteiger partial charge in [-0.15, -0.1) is 0 Å². The first-order chi connectivity index (χ1) is 10.0. The van der Waals surface area contributed by atoms with Crippen LogP contribution in [-0.4, -0.2) is 53.3 Å². The van der Waals surface area contributed by atoms with Crippen LogP contribution in [0.1, 0.15) is 46.0 Å². The predicted molar refractivity (Wildman–Crippen MR) is 78.1 cm³/mol. The lowest BCUT2D eigenvalue weighted by molar-refractivity contribution is -0.141. The quantitative estimate of drug-likeness (QED) is 0.811. The first kappa shape index (κ1) is 16.1. The maximum Gasteiger partial charge on any atom is 0.326 e. The maximum atomic E-state index is 12.5. The molecule has 0 radical (unpaired) electrons. The third-order valence-electron chi connectivity index (χ3n) is 4.55. The van der Waals surface area contributed by atoms with Crippen LogP contribution in [0.25, 0.3) is 0 Å². The van der Waals surface area contributed by atoms with E-state index >= 15 is 0 Å². The van der Waals surface area contributed by atoms with E-state index in [0.29, 0.717) is 25.6 Å². The number of hydrogen-bond donors (Lipinski definition) is 2. The van der Waals surface area contributed by atoms with E-state index < -0.39 is 12.0 Å². The Labute approximate surface area is 125 Å². The fourth-order valence-electron chi connectivity index (χ4n) is 3.59. The normalized spacial score (nSPS) is 29.8. The molecule has 4 unspecified atom stereocenters. The number of urea groups is 1. The molecule has 1 heterocycles. The fourth-order valence-corrected chi connectivity index (χ4v) is 3.59. The van der Waals surface area contributed by atoms with E-state index in [1.54, 1.807) is 4.90 Å². The number of hydrogen-bond acceptors (Lipinski definition) is 3. The Hall–Kier alpha value is -1.30. The lowest BCUT2D eigenvalue weighted by Gasteiger charge is -2.33. The zero-order chi connectivity index (χ0) is 15.4. The fraction of sp³-hybridized carbons (Fsp3) is 0.867. The first-order valence-corrected chi connectivity index (χ1v) is 7.94. The van der Waals surface area contributed by atoms with Crippen LogP contribution in [0.2, 0.25) is 0 Å². The molecule has 0 aromatic carbocycles. The van der Waals surface area contributed by atoms with E-state index in [1.165, 1.54) is 0 Å². The van der Waals surface area contributed by atoms with E-state index in [9.17, 15) is 14.7 Å². The lowest BCUT2D eigenvalue weighted by Crippen LogP contribution is -2.53. The van der Waals surface area contributed by atoms with Gasteiger partial charge in [-0.05, 0) is 39.0 Å².